The third-order valence-electron chi connectivity index (χ3n) is 2.48. The van der Waals surface area contributed by atoms with Crippen LogP contribution in [0.4, 0.5) is 10.1 Å². The van der Waals surface area contributed by atoms with Crippen molar-refractivity contribution in [3.63, 3.8) is 0 Å². The summed E-state index contributed by atoms with van der Waals surface area (Å²) >= 11 is 18.6. The van der Waals surface area contributed by atoms with E-state index in [0.717, 1.165) is 10.0 Å². The number of rotatable bonds is 3. The molecule has 0 fully saturated rings. The quantitative estimate of drug-likeness (QED) is 0.608. The molecule has 0 aliphatic carbocycles. The first-order chi connectivity index (χ1) is 8.97. The molecule has 2 rings (SSSR count). The lowest BCUT2D eigenvalue weighted by Gasteiger charge is -2.12. The minimum atomic E-state index is -0.380. The van der Waals surface area contributed by atoms with Crippen LogP contribution in [0, 0.1) is 5.82 Å². The molecule has 0 bridgehead atoms. The zero-order valence-corrected chi connectivity index (χ0v) is 14.2. The molecule has 0 atom stereocenters. The van der Waals surface area contributed by atoms with E-state index in [1.807, 2.05) is 18.2 Å². The first-order valence-electron chi connectivity index (χ1n) is 5.29. The summed E-state index contributed by atoms with van der Waals surface area (Å²) in [6.45, 7) is 0.543. The first kappa shape index (κ1) is 15.1. The smallest absolute Gasteiger partial charge is 0.125 e. The molecule has 0 heterocycles. The van der Waals surface area contributed by atoms with Gasteiger partial charge in [-0.1, -0.05) is 45.2 Å². The topological polar surface area (TPSA) is 12.0 Å². The fraction of sp³-hybridized carbons (Fsp3) is 0.0769. The van der Waals surface area contributed by atoms with E-state index in [1.54, 1.807) is 0 Å². The monoisotopic (exact) mass is 425 g/mol. The van der Waals surface area contributed by atoms with Gasteiger partial charge >= 0.3 is 0 Å². The highest BCUT2D eigenvalue weighted by Crippen LogP contribution is 2.32. The van der Waals surface area contributed by atoms with Crippen molar-refractivity contribution in [1.82, 2.24) is 0 Å². The van der Waals surface area contributed by atoms with Gasteiger partial charge in [0, 0.05) is 20.5 Å². The van der Waals surface area contributed by atoms with Crippen molar-refractivity contribution in [1.29, 1.82) is 0 Å². The number of halogens is 5. The van der Waals surface area contributed by atoms with E-state index in [1.165, 1.54) is 12.1 Å². The number of hydrogen-bond donors (Lipinski definition) is 1. The summed E-state index contributed by atoms with van der Waals surface area (Å²) in [6, 6.07) is 8.17. The SMILES string of the molecule is Fc1cc(Cl)c(NCc2ccc(Cl)cc2Br)c(Br)c1. The Balaban J connectivity index is 2.19. The number of nitrogens with one attached hydrogen (secondary N) is 1. The molecule has 0 aliphatic rings. The van der Waals surface area contributed by atoms with E-state index >= 15 is 0 Å². The normalized spacial score (nSPS) is 10.6. The van der Waals surface area contributed by atoms with E-state index in [9.17, 15) is 4.39 Å². The fourth-order valence-electron chi connectivity index (χ4n) is 1.56. The number of hydrogen-bond acceptors (Lipinski definition) is 1. The van der Waals surface area contributed by atoms with Crippen LogP contribution in [0.3, 0.4) is 0 Å². The van der Waals surface area contributed by atoms with Gasteiger partial charge in [0.1, 0.15) is 5.82 Å². The van der Waals surface area contributed by atoms with Gasteiger partial charge in [0.15, 0.2) is 0 Å². The predicted octanol–water partition coefficient (Wildman–Crippen LogP) is 6.27. The molecule has 0 saturated heterocycles. The van der Waals surface area contributed by atoms with Gasteiger partial charge < -0.3 is 5.32 Å². The molecule has 0 aromatic heterocycles. The molecular weight excluding hydrogens is 420 g/mol. The van der Waals surface area contributed by atoms with Crippen molar-refractivity contribution >= 4 is 60.7 Å². The van der Waals surface area contributed by atoms with Crippen molar-refractivity contribution in [2.75, 3.05) is 5.32 Å². The second-order valence-electron chi connectivity index (χ2n) is 3.83. The highest BCUT2D eigenvalue weighted by Gasteiger charge is 2.08. The van der Waals surface area contributed by atoms with Crippen LogP contribution in [-0.2, 0) is 6.54 Å². The maximum absolute atomic E-state index is 13.1. The predicted molar refractivity (Wildman–Crippen MR) is 85.6 cm³/mol. The second kappa shape index (κ2) is 6.44. The van der Waals surface area contributed by atoms with E-state index in [4.69, 9.17) is 23.2 Å². The molecule has 0 amide bonds. The molecular formula is C13H8Br2Cl2FN. The fourth-order valence-corrected chi connectivity index (χ4v) is 3.34. The molecule has 2 aromatic rings. The molecule has 6 heteroatoms. The minimum absolute atomic E-state index is 0.331. The summed E-state index contributed by atoms with van der Waals surface area (Å²) < 4.78 is 14.6. The Morgan fingerprint density at radius 3 is 2.42 bits per heavy atom. The van der Waals surface area contributed by atoms with Crippen LogP contribution in [0.2, 0.25) is 10.0 Å². The molecule has 0 unspecified atom stereocenters. The molecule has 1 N–H and O–H groups in total. The molecule has 0 radical (unpaired) electrons. The minimum Gasteiger partial charge on any atom is -0.379 e. The summed E-state index contributed by atoms with van der Waals surface area (Å²) in [5, 5.41) is 4.16. The number of benzene rings is 2. The molecule has 19 heavy (non-hydrogen) atoms. The van der Waals surface area contributed by atoms with Gasteiger partial charge in [-0.05, 0) is 45.8 Å². The van der Waals surface area contributed by atoms with Crippen LogP contribution >= 0.6 is 55.1 Å². The maximum Gasteiger partial charge on any atom is 0.125 e. The number of anilines is 1. The van der Waals surface area contributed by atoms with Crippen molar-refractivity contribution in [3.05, 3.63) is 60.7 Å². The van der Waals surface area contributed by atoms with Gasteiger partial charge in [0.25, 0.3) is 0 Å². The lowest BCUT2D eigenvalue weighted by atomic mass is 10.2. The van der Waals surface area contributed by atoms with Crippen molar-refractivity contribution in [2.45, 2.75) is 6.54 Å². The average molecular weight is 428 g/mol. The molecule has 0 aliphatic heterocycles. The van der Waals surface area contributed by atoms with E-state index in [-0.39, 0.29) is 5.82 Å². The van der Waals surface area contributed by atoms with Gasteiger partial charge in [-0.15, -0.1) is 0 Å². The Hall–Kier alpha value is -0.290. The van der Waals surface area contributed by atoms with E-state index in [2.05, 4.69) is 37.2 Å². The Labute approximate surface area is 137 Å². The van der Waals surface area contributed by atoms with Gasteiger partial charge in [-0.3, -0.25) is 0 Å². The van der Waals surface area contributed by atoms with E-state index in [0.29, 0.717) is 26.8 Å². The van der Waals surface area contributed by atoms with Crippen molar-refractivity contribution in [3.8, 4) is 0 Å². The third-order valence-corrected chi connectivity index (χ3v) is 4.37. The lowest BCUT2D eigenvalue weighted by Crippen LogP contribution is -2.02. The molecule has 0 spiro atoms. The Bertz CT molecular complexity index is 597. The van der Waals surface area contributed by atoms with Gasteiger partial charge in [0.2, 0.25) is 0 Å². The summed E-state index contributed by atoms with van der Waals surface area (Å²) in [6.07, 6.45) is 0. The maximum atomic E-state index is 13.1. The van der Waals surface area contributed by atoms with Crippen LogP contribution in [0.15, 0.2) is 39.3 Å². The largest absolute Gasteiger partial charge is 0.379 e. The first-order valence-corrected chi connectivity index (χ1v) is 7.64. The summed E-state index contributed by atoms with van der Waals surface area (Å²) in [7, 11) is 0. The zero-order valence-electron chi connectivity index (χ0n) is 9.48. The average Bonchev–Trinajstić information content (AvgIpc) is 2.30. The highest BCUT2D eigenvalue weighted by molar-refractivity contribution is 9.11. The Kier molecular flexibility index (Phi) is 5.12. The van der Waals surface area contributed by atoms with Crippen molar-refractivity contribution < 1.29 is 4.39 Å². The van der Waals surface area contributed by atoms with Gasteiger partial charge in [-0.25, -0.2) is 4.39 Å². The standard InChI is InChI=1S/C13H8Br2Cl2FN/c14-10-3-8(16)2-1-7(10)6-19-13-11(15)4-9(18)5-12(13)17/h1-5,19H,6H2. The molecule has 1 nitrogen and oxygen atoms in total. The molecule has 100 valence electrons. The summed E-state index contributed by atoms with van der Waals surface area (Å²) in [5.74, 6) is -0.380. The molecule has 0 saturated carbocycles. The van der Waals surface area contributed by atoms with Gasteiger partial charge in [-0.2, -0.15) is 0 Å². The Morgan fingerprint density at radius 1 is 1.05 bits per heavy atom. The zero-order chi connectivity index (χ0) is 14.0. The summed E-state index contributed by atoms with van der Waals surface area (Å²) in [4.78, 5) is 0. The van der Waals surface area contributed by atoms with E-state index < -0.39 is 0 Å². The summed E-state index contributed by atoms with van der Waals surface area (Å²) in [5.41, 5.74) is 1.68. The van der Waals surface area contributed by atoms with Crippen LogP contribution < -0.4 is 5.32 Å². The Morgan fingerprint density at radius 2 is 1.79 bits per heavy atom. The van der Waals surface area contributed by atoms with Crippen LogP contribution in [0.5, 0.6) is 0 Å². The van der Waals surface area contributed by atoms with Crippen LogP contribution in [0.25, 0.3) is 0 Å². The van der Waals surface area contributed by atoms with Crippen LogP contribution in [-0.4, -0.2) is 0 Å². The van der Waals surface area contributed by atoms with Gasteiger partial charge in [0.05, 0.1) is 10.7 Å². The lowest BCUT2D eigenvalue weighted by molar-refractivity contribution is 0.627. The second-order valence-corrected chi connectivity index (χ2v) is 6.39. The van der Waals surface area contributed by atoms with Crippen LogP contribution in [0.1, 0.15) is 5.56 Å². The van der Waals surface area contributed by atoms with Crippen molar-refractivity contribution in [2.24, 2.45) is 0 Å². The highest BCUT2D eigenvalue weighted by atomic mass is 79.9. The third kappa shape index (κ3) is 3.85. The molecule has 2 aromatic carbocycles.